The highest BCUT2D eigenvalue weighted by Crippen LogP contribution is 2.35. The standard InChI is InChI=1S/C24H27N3O2/c1-2-27-24-21(16-25-27)20(15-17-9-5-3-6-10-17)19(13-14-22(28)29)23(26-24)18-11-7-4-8-12-18/h4,7-8,11-14,16-17H,2-3,5-6,9-10,15H2,1H3,(H,28,29)/b14-13+. The number of nitrogens with zero attached hydrogens (tertiary/aromatic N) is 3. The molecule has 3 aromatic rings. The first kappa shape index (κ1) is 19.4. The Balaban J connectivity index is 1.95. The van der Waals surface area contributed by atoms with Crippen LogP contribution in [0.5, 0.6) is 0 Å². The van der Waals surface area contributed by atoms with Gasteiger partial charge in [0.1, 0.15) is 0 Å². The SMILES string of the molecule is CCn1ncc2c(CC3CCCCC3)c(/C=C/C(=O)O)c(-c3ccccc3)nc21. The van der Waals surface area contributed by atoms with E-state index in [1.54, 1.807) is 6.08 Å². The van der Waals surface area contributed by atoms with Crippen molar-refractivity contribution < 1.29 is 9.90 Å². The Morgan fingerprint density at radius 3 is 2.66 bits per heavy atom. The zero-order valence-electron chi connectivity index (χ0n) is 16.8. The molecule has 0 radical (unpaired) electrons. The third kappa shape index (κ3) is 4.09. The molecular formula is C24H27N3O2. The summed E-state index contributed by atoms with van der Waals surface area (Å²) in [5.41, 5.74) is 4.79. The first-order valence-electron chi connectivity index (χ1n) is 10.5. The van der Waals surface area contributed by atoms with Gasteiger partial charge in [0, 0.05) is 29.1 Å². The zero-order valence-corrected chi connectivity index (χ0v) is 16.8. The molecule has 1 aliphatic carbocycles. The average molecular weight is 389 g/mol. The number of hydrogen-bond donors (Lipinski definition) is 1. The molecule has 0 unspecified atom stereocenters. The number of carboxylic acids is 1. The Hall–Kier alpha value is -2.95. The molecule has 1 N–H and O–H groups in total. The summed E-state index contributed by atoms with van der Waals surface area (Å²) in [7, 11) is 0. The molecule has 4 rings (SSSR count). The molecule has 5 heteroatoms. The Kier molecular flexibility index (Phi) is 5.74. The van der Waals surface area contributed by atoms with Crippen molar-refractivity contribution in [3.8, 4) is 11.3 Å². The van der Waals surface area contributed by atoms with Crippen LogP contribution in [0.3, 0.4) is 0 Å². The minimum Gasteiger partial charge on any atom is -0.478 e. The Morgan fingerprint density at radius 1 is 1.21 bits per heavy atom. The number of pyridine rings is 1. The van der Waals surface area contributed by atoms with Gasteiger partial charge in [0.2, 0.25) is 0 Å². The fourth-order valence-electron chi connectivity index (χ4n) is 4.45. The van der Waals surface area contributed by atoms with Gasteiger partial charge in [-0.2, -0.15) is 5.10 Å². The number of fused-ring (bicyclic) bond motifs is 1. The minimum atomic E-state index is -0.947. The predicted octanol–water partition coefficient (Wildman–Crippen LogP) is 5.34. The van der Waals surface area contributed by atoms with Crippen molar-refractivity contribution in [2.45, 2.75) is 52.0 Å². The van der Waals surface area contributed by atoms with E-state index in [-0.39, 0.29) is 0 Å². The van der Waals surface area contributed by atoms with Crippen LogP contribution in [0.1, 0.15) is 50.2 Å². The lowest BCUT2D eigenvalue weighted by Gasteiger charge is -2.23. The average Bonchev–Trinajstić information content (AvgIpc) is 3.17. The molecule has 5 nitrogen and oxygen atoms in total. The lowest BCUT2D eigenvalue weighted by atomic mass is 9.82. The van der Waals surface area contributed by atoms with Crippen molar-refractivity contribution in [2.24, 2.45) is 5.92 Å². The molecule has 0 amide bonds. The van der Waals surface area contributed by atoms with Crippen LogP contribution < -0.4 is 0 Å². The van der Waals surface area contributed by atoms with Crippen molar-refractivity contribution in [2.75, 3.05) is 0 Å². The lowest BCUT2D eigenvalue weighted by molar-refractivity contribution is -0.131. The Morgan fingerprint density at radius 2 is 1.97 bits per heavy atom. The van der Waals surface area contributed by atoms with Crippen molar-refractivity contribution in [3.05, 3.63) is 53.7 Å². The maximum Gasteiger partial charge on any atom is 0.328 e. The molecule has 2 heterocycles. The second kappa shape index (κ2) is 8.60. The van der Waals surface area contributed by atoms with E-state index in [4.69, 9.17) is 4.98 Å². The molecule has 0 saturated heterocycles. The highest BCUT2D eigenvalue weighted by molar-refractivity contribution is 5.93. The van der Waals surface area contributed by atoms with E-state index in [1.165, 1.54) is 43.7 Å². The second-order valence-corrected chi connectivity index (χ2v) is 7.80. The number of aliphatic carboxylic acids is 1. The molecule has 29 heavy (non-hydrogen) atoms. The van der Waals surface area contributed by atoms with Crippen LogP contribution in [0.4, 0.5) is 0 Å². The van der Waals surface area contributed by atoms with Crippen LogP contribution in [-0.4, -0.2) is 25.8 Å². The van der Waals surface area contributed by atoms with E-state index in [0.29, 0.717) is 5.92 Å². The molecule has 0 spiro atoms. The second-order valence-electron chi connectivity index (χ2n) is 7.80. The number of benzene rings is 1. The van der Waals surface area contributed by atoms with E-state index in [1.807, 2.05) is 41.2 Å². The van der Waals surface area contributed by atoms with Gasteiger partial charge in [-0.25, -0.2) is 14.5 Å². The molecule has 2 aromatic heterocycles. The lowest BCUT2D eigenvalue weighted by Crippen LogP contribution is -2.11. The number of rotatable bonds is 6. The monoisotopic (exact) mass is 389 g/mol. The van der Waals surface area contributed by atoms with Gasteiger partial charge in [0.05, 0.1) is 11.9 Å². The van der Waals surface area contributed by atoms with Crippen molar-refractivity contribution >= 4 is 23.1 Å². The van der Waals surface area contributed by atoms with Crippen LogP contribution in [-0.2, 0) is 17.8 Å². The Bertz CT molecular complexity index is 1030. The first-order valence-corrected chi connectivity index (χ1v) is 10.5. The molecule has 0 bridgehead atoms. The maximum atomic E-state index is 11.3. The summed E-state index contributed by atoms with van der Waals surface area (Å²) in [5.74, 6) is -0.322. The zero-order chi connectivity index (χ0) is 20.2. The van der Waals surface area contributed by atoms with Crippen LogP contribution in [0.15, 0.2) is 42.6 Å². The Labute approximate surface area is 171 Å². The summed E-state index contributed by atoms with van der Waals surface area (Å²) in [6.45, 7) is 2.81. The first-order chi connectivity index (χ1) is 14.2. The fraction of sp³-hybridized carbons (Fsp3) is 0.375. The largest absolute Gasteiger partial charge is 0.478 e. The topological polar surface area (TPSA) is 68.0 Å². The van der Waals surface area contributed by atoms with Crippen LogP contribution >= 0.6 is 0 Å². The van der Waals surface area contributed by atoms with E-state index < -0.39 is 5.97 Å². The van der Waals surface area contributed by atoms with Gasteiger partial charge in [0.15, 0.2) is 5.65 Å². The van der Waals surface area contributed by atoms with E-state index in [2.05, 4.69) is 12.0 Å². The summed E-state index contributed by atoms with van der Waals surface area (Å²) >= 11 is 0. The third-order valence-electron chi connectivity index (χ3n) is 5.89. The van der Waals surface area contributed by atoms with E-state index >= 15 is 0 Å². The summed E-state index contributed by atoms with van der Waals surface area (Å²) in [6.07, 6.45) is 12.1. The molecule has 1 aromatic carbocycles. The number of aromatic nitrogens is 3. The molecule has 1 saturated carbocycles. The molecular weight excluding hydrogens is 362 g/mol. The van der Waals surface area contributed by atoms with Gasteiger partial charge in [-0.15, -0.1) is 0 Å². The quantitative estimate of drug-likeness (QED) is 0.578. The smallest absolute Gasteiger partial charge is 0.328 e. The summed E-state index contributed by atoms with van der Waals surface area (Å²) in [6, 6.07) is 10.0. The van der Waals surface area contributed by atoms with Crippen LogP contribution in [0.2, 0.25) is 0 Å². The predicted molar refractivity (Wildman–Crippen MR) is 116 cm³/mol. The molecule has 150 valence electrons. The van der Waals surface area contributed by atoms with Crippen molar-refractivity contribution in [3.63, 3.8) is 0 Å². The van der Waals surface area contributed by atoms with Gasteiger partial charge >= 0.3 is 5.97 Å². The van der Waals surface area contributed by atoms with Gasteiger partial charge < -0.3 is 5.11 Å². The third-order valence-corrected chi connectivity index (χ3v) is 5.89. The van der Waals surface area contributed by atoms with Gasteiger partial charge in [-0.3, -0.25) is 0 Å². The van der Waals surface area contributed by atoms with Crippen molar-refractivity contribution in [1.82, 2.24) is 14.8 Å². The molecule has 1 aliphatic rings. The van der Waals surface area contributed by atoms with E-state index in [9.17, 15) is 9.90 Å². The molecule has 0 atom stereocenters. The number of carbonyl (C=O) groups is 1. The number of aryl methyl sites for hydroxylation is 1. The normalized spacial score (nSPS) is 15.3. The number of hydrogen-bond acceptors (Lipinski definition) is 3. The highest BCUT2D eigenvalue weighted by Gasteiger charge is 2.22. The molecule has 1 fully saturated rings. The minimum absolute atomic E-state index is 0.625. The summed E-state index contributed by atoms with van der Waals surface area (Å²) in [4.78, 5) is 16.3. The van der Waals surface area contributed by atoms with Gasteiger partial charge in [-0.05, 0) is 30.9 Å². The summed E-state index contributed by atoms with van der Waals surface area (Å²) in [5, 5.41) is 14.9. The molecule has 0 aliphatic heterocycles. The van der Waals surface area contributed by atoms with Gasteiger partial charge in [-0.1, -0.05) is 62.4 Å². The van der Waals surface area contributed by atoms with Crippen molar-refractivity contribution in [1.29, 1.82) is 0 Å². The van der Waals surface area contributed by atoms with Crippen LogP contribution in [0, 0.1) is 5.92 Å². The fourth-order valence-corrected chi connectivity index (χ4v) is 4.45. The van der Waals surface area contributed by atoms with E-state index in [0.717, 1.165) is 40.8 Å². The summed E-state index contributed by atoms with van der Waals surface area (Å²) < 4.78 is 1.93. The van der Waals surface area contributed by atoms with Crippen LogP contribution in [0.25, 0.3) is 28.4 Å². The number of carboxylic acid groups (broad SMARTS) is 1. The van der Waals surface area contributed by atoms with Gasteiger partial charge in [0.25, 0.3) is 0 Å². The highest BCUT2D eigenvalue weighted by atomic mass is 16.4. The maximum absolute atomic E-state index is 11.3.